The van der Waals surface area contributed by atoms with Crippen molar-refractivity contribution in [3.63, 3.8) is 0 Å². The van der Waals surface area contributed by atoms with Crippen LogP contribution in [0.15, 0.2) is 58.5 Å². The van der Waals surface area contributed by atoms with Gasteiger partial charge in [0.25, 0.3) is 0 Å². The summed E-state index contributed by atoms with van der Waals surface area (Å²) in [6.45, 7) is 3.70. The molecule has 3 aromatic heterocycles. The maximum absolute atomic E-state index is 12.3. The Hall–Kier alpha value is -3.53. The molecule has 0 aliphatic rings. The Labute approximate surface area is 170 Å². The Morgan fingerprint density at radius 3 is 2.66 bits per heavy atom. The van der Waals surface area contributed by atoms with Gasteiger partial charge in [-0.1, -0.05) is 35.1 Å². The van der Waals surface area contributed by atoms with Crippen molar-refractivity contribution in [1.29, 1.82) is 0 Å². The van der Waals surface area contributed by atoms with E-state index in [9.17, 15) is 4.79 Å². The van der Waals surface area contributed by atoms with Crippen LogP contribution in [0.5, 0.6) is 0 Å². The van der Waals surface area contributed by atoms with Gasteiger partial charge in [0.05, 0.1) is 11.4 Å². The summed E-state index contributed by atoms with van der Waals surface area (Å²) in [7, 11) is 0. The zero-order valence-electron chi connectivity index (χ0n) is 15.7. The summed E-state index contributed by atoms with van der Waals surface area (Å²) >= 11 is 1.27. The molecule has 3 heterocycles. The van der Waals surface area contributed by atoms with Gasteiger partial charge in [-0.15, -0.1) is 10.2 Å². The second-order valence-electron chi connectivity index (χ2n) is 6.15. The average molecular weight is 407 g/mol. The minimum Gasteiger partial charge on any atom is -0.315 e. The summed E-state index contributed by atoms with van der Waals surface area (Å²) < 4.78 is 6.86. The highest BCUT2D eigenvalue weighted by Crippen LogP contribution is 2.29. The molecular formula is C19H17N7O2S. The van der Waals surface area contributed by atoms with Crippen LogP contribution >= 0.6 is 11.8 Å². The highest BCUT2D eigenvalue weighted by atomic mass is 32.2. The molecule has 4 rings (SSSR count). The van der Waals surface area contributed by atoms with Crippen LogP contribution < -0.4 is 5.32 Å². The Morgan fingerprint density at radius 1 is 1.14 bits per heavy atom. The molecule has 0 bridgehead atoms. The number of aryl methyl sites for hydroxylation is 2. The van der Waals surface area contributed by atoms with E-state index >= 15 is 0 Å². The minimum atomic E-state index is -0.275. The molecule has 146 valence electrons. The third kappa shape index (κ3) is 4.16. The number of amides is 1. The number of anilines is 1. The van der Waals surface area contributed by atoms with Crippen molar-refractivity contribution in [2.24, 2.45) is 0 Å². The van der Waals surface area contributed by atoms with Crippen LogP contribution in [0.4, 0.5) is 6.01 Å². The molecule has 4 aromatic rings. The fourth-order valence-electron chi connectivity index (χ4n) is 2.72. The first-order valence-corrected chi connectivity index (χ1v) is 9.75. The number of nitrogens with one attached hydrogen (secondary N) is 1. The van der Waals surface area contributed by atoms with Crippen molar-refractivity contribution >= 4 is 23.7 Å². The van der Waals surface area contributed by atoms with Gasteiger partial charge in [-0.05, 0) is 37.6 Å². The highest BCUT2D eigenvalue weighted by Gasteiger charge is 2.19. The SMILES string of the molecule is Cc1noc(NC(=O)CSc2nnc(-c3ccncc3)n2-c2ccccc2C)n1. The molecule has 0 saturated heterocycles. The number of benzene rings is 1. The van der Waals surface area contributed by atoms with Gasteiger partial charge in [0, 0.05) is 18.0 Å². The van der Waals surface area contributed by atoms with Crippen LogP contribution in [0.2, 0.25) is 0 Å². The van der Waals surface area contributed by atoms with Gasteiger partial charge in [-0.25, -0.2) is 0 Å². The number of aromatic nitrogens is 6. The Morgan fingerprint density at radius 2 is 1.93 bits per heavy atom. The molecule has 0 fully saturated rings. The lowest BCUT2D eigenvalue weighted by atomic mass is 10.2. The van der Waals surface area contributed by atoms with Crippen molar-refractivity contribution in [2.45, 2.75) is 19.0 Å². The summed E-state index contributed by atoms with van der Waals surface area (Å²) in [5, 5.41) is 15.5. The zero-order chi connectivity index (χ0) is 20.2. The number of nitrogens with zero attached hydrogens (tertiary/aromatic N) is 6. The average Bonchev–Trinajstić information content (AvgIpc) is 3.33. The third-order valence-electron chi connectivity index (χ3n) is 4.03. The van der Waals surface area contributed by atoms with E-state index in [0.29, 0.717) is 16.8 Å². The predicted molar refractivity (Wildman–Crippen MR) is 108 cm³/mol. The van der Waals surface area contributed by atoms with Gasteiger partial charge in [0.1, 0.15) is 0 Å². The van der Waals surface area contributed by atoms with E-state index in [1.165, 1.54) is 11.8 Å². The largest absolute Gasteiger partial charge is 0.328 e. The monoisotopic (exact) mass is 407 g/mol. The van der Waals surface area contributed by atoms with Crippen molar-refractivity contribution in [2.75, 3.05) is 11.1 Å². The van der Waals surface area contributed by atoms with Crippen LogP contribution in [0.25, 0.3) is 17.1 Å². The maximum Gasteiger partial charge on any atom is 0.328 e. The Bertz CT molecular complexity index is 1140. The quantitative estimate of drug-likeness (QED) is 0.485. The number of para-hydroxylation sites is 1. The van der Waals surface area contributed by atoms with Gasteiger partial charge in [0.2, 0.25) is 5.91 Å². The summed E-state index contributed by atoms with van der Waals surface area (Å²) in [4.78, 5) is 20.3. The van der Waals surface area contributed by atoms with Crippen LogP contribution in [0.3, 0.4) is 0 Å². The summed E-state index contributed by atoms with van der Waals surface area (Å²) in [5.74, 6) is 0.969. The second kappa shape index (κ2) is 8.23. The number of carbonyl (C=O) groups is 1. The van der Waals surface area contributed by atoms with Crippen LogP contribution in [-0.4, -0.2) is 41.5 Å². The van der Waals surface area contributed by atoms with E-state index < -0.39 is 0 Å². The molecule has 0 aliphatic heterocycles. The lowest BCUT2D eigenvalue weighted by molar-refractivity contribution is -0.114. The fourth-order valence-corrected chi connectivity index (χ4v) is 3.46. The maximum atomic E-state index is 12.3. The standard InChI is InChI=1S/C19H17N7O2S/c1-12-5-3-4-6-15(12)26-17(14-7-9-20-10-8-14)23-24-19(26)29-11-16(27)22-18-21-13(2)25-28-18/h3-10H,11H2,1-2H3,(H,21,22,25,27). The molecule has 0 unspecified atom stereocenters. The van der Waals surface area contributed by atoms with E-state index in [4.69, 9.17) is 4.52 Å². The number of thioether (sulfide) groups is 1. The van der Waals surface area contributed by atoms with E-state index in [1.54, 1.807) is 19.3 Å². The van der Waals surface area contributed by atoms with E-state index in [-0.39, 0.29) is 17.7 Å². The fraction of sp³-hybridized carbons (Fsp3) is 0.158. The van der Waals surface area contributed by atoms with Crippen molar-refractivity contribution in [3.05, 3.63) is 60.2 Å². The van der Waals surface area contributed by atoms with Crippen LogP contribution in [-0.2, 0) is 4.79 Å². The smallest absolute Gasteiger partial charge is 0.315 e. The number of hydrogen-bond acceptors (Lipinski definition) is 8. The molecule has 1 N–H and O–H groups in total. The van der Waals surface area contributed by atoms with E-state index in [1.807, 2.05) is 47.9 Å². The molecule has 9 nitrogen and oxygen atoms in total. The Kier molecular flexibility index (Phi) is 5.34. The normalized spacial score (nSPS) is 10.8. The molecule has 1 amide bonds. The van der Waals surface area contributed by atoms with Crippen molar-refractivity contribution < 1.29 is 9.32 Å². The lowest BCUT2D eigenvalue weighted by Gasteiger charge is -2.12. The van der Waals surface area contributed by atoms with Crippen LogP contribution in [0, 0.1) is 13.8 Å². The molecule has 0 saturated carbocycles. The topological polar surface area (TPSA) is 112 Å². The van der Waals surface area contributed by atoms with Gasteiger partial charge in [0.15, 0.2) is 16.8 Å². The summed E-state index contributed by atoms with van der Waals surface area (Å²) in [6, 6.07) is 11.8. The van der Waals surface area contributed by atoms with Crippen molar-refractivity contribution in [1.82, 2.24) is 29.9 Å². The molecule has 0 radical (unpaired) electrons. The van der Waals surface area contributed by atoms with E-state index in [0.717, 1.165) is 16.8 Å². The summed E-state index contributed by atoms with van der Waals surface area (Å²) in [5.41, 5.74) is 2.89. The molecule has 10 heteroatoms. The van der Waals surface area contributed by atoms with Crippen molar-refractivity contribution in [3.8, 4) is 17.1 Å². The second-order valence-corrected chi connectivity index (χ2v) is 7.09. The Balaban J connectivity index is 1.62. The highest BCUT2D eigenvalue weighted by molar-refractivity contribution is 7.99. The zero-order valence-corrected chi connectivity index (χ0v) is 16.6. The first kappa shape index (κ1) is 18.8. The van der Waals surface area contributed by atoms with Gasteiger partial charge in [-0.2, -0.15) is 4.98 Å². The first-order valence-electron chi connectivity index (χ1n) is 8.76. The van der Waals surface area contributed by atoms with Crippen LogP contribution in [0.1, 0.15) is 11.4 Å². The van der Waals surface area contributed by atoms with Gasteiger partial charge in [-0.3, -0.25) is 19.7 Å². The molecule has 0 spiro atoms. The first-order chi connectivity index (χ1) is 14.1. The molecule has 1 aromatic carbocycles. The van der Waals surface area contributed by atoms with Gasteiger partial charge < -0.3 is 4.52 Å². The third-order valence-corrected chi connectivity index (χ3v) is 4.96. The molecule has 0 atom stereocenters. The minimum absolute atomic E-state index is 0.0749. The predicted octanol–water partition coefficient (Wildman–Crippen LogP) is 3.06. The molecular weight excluding hydrogens is 390 g/mol. The number of carbonyl (C=O) groups excluding carboxylic acids is 1. The number of rotatable bonds is 6. The van der Waals surface area contributed by atoms with E-state index in [2.05, 4.69) is 30.6 Å². The molecule has 0 aliphatic carbocycles. The summed E-state index contributed by atoms with van der Waals surface area (Å²) in [6.07, 6.45) is 3.41. The lowest BCUT2D eigenvalue weighted by Crippen LogP contribution is -2.15. The molecule has 29 heavy (non-hydrogen) atoms. The number of hydrogen-bond donors (Lipinski definition) is 1. The van der Waals surface area contributed by atoms with Gasteiger partial charge >= 0.3 is 6.01 Å². The number of pyridine rings is 1.